The Morgan fingerprint density at radius 1 is 1.27 bits per heavy atom. The molecule has 1 aliphatic carbocycles. The molecule has 0 saturated heterocycles. The van der Waals surface area contributed by atoms with Crippen molar-refractivity contribution in [1.82, 2.24) is 10.3 Å². The normalized spacial score (nSPS) is 15.8. The monoisotopic (exact) mass is 303 g/mol. The summed E-state index contributed by atoms with van der Waals surface area (Å²) in [5, 5.41) is 5.64. The zero-order valence-electron chi connectivity index (χ0n) is 12.5. The van der Waals surface area contributed by atoms with E-state index in [1.165, 1.54) is 32.1 Å². The van der Waals surface area contributed by atoms with Crippen molar-refractivity contribution >= 4 is 22.8 Å². The molecule has 0 unspecified atom stereocenters. The molecule has 1 aromatic heterocycles. The largest absolute Gasteiger partial charge is 0.417 e. The molecule has 1 fully saturated rings. The maximum atomic E-state index is 11.9. The highest BCUT2D eigenvalue weighted by Crippen LogP contribution is 2.25. The minimum atomic E-state index is -0.496. The lowest BCUT2D eigenvalue weighted by Crippen LogP contribution is -2.30. The van der Waals surface area contributed by atoms with Crippen molar-refractivity contribution in [2.75, 3.05) is 11.9 Å². The topological polar surface area (TPSA) is 87.1 Å². The van der Waals surface area contributed by atoms with Crippen LogP contribution in [0.1, 0.15) is 38.5 Å². The fourth-order valence-electron chi connectivity index (χ4n) is 3.06. The number of carbonyl (C=O) groups excluding carboxylic acids is 1. The number of rotatable bonds is 4. The van der Waals surface area contributed by atoms with Crippen LogP contribution in [0.5, 0.6) is 0 Å². The second-order valence-corrected chi connectivity index (χ2v) is 5.90. The average molecular weight is 303 g/mol. The molecule has 0 radical (unpaired) electrons. The van der Waals surface area contributed by atoms with E-state index in [-0.39, 0.29) is 6.03 Å². The number of urea groups is 1. The van der Waals surface area contributed by atoms with Crippen molar-refractivity contribution in [1.29, 1.82) is 0 Å². The van der Waals surface area contributed by atoms with E-state index in [9.17, 15) is 9.59 Å². The number of aromatic amines is 1. The molecule has 6 heteroatoms. The molecule has 3 N–H and O–H groups in total. The number of fused-ring (bicyclic) bond motifs is 1. The van der Waals surface area contributed by atoms with Gasteiger partial charge in [0, 0.05) is 18.3 Å². The molecule has 3 rings (SSSR count). The van der Waals surface area contributed by atoms with Crippen LogP contribution in [0.15, 0.2) is 27.4 Å². The van der Waals surface area contributed by atoms with Gasteiger partial charge in [-0.2, -0.15) is 0 Å². The summed E-state index contributed by atoms with van der Waals surface area (Å²) < 4.78 is 4.97. The molecule has 1 aliphatic rings. The molecule has 1 heterocycles. The first kappa shape index (κ1) is 14.7. The maximum Gasteiger partial charge on any atom is 0.417 e. The highest BCUT2D eigenvalue weighted by atomic mass is 16.4. The molecule has 2 aromatic rings. The van der Waals surface area contributed by atoms with Crippen LogP contribution in [0.3, 0.4) is 0 Å². The van der Waals surface area contributed by atoms with Gasteiger partial charge in [0.25, 0.3) is 0 Å². The van der Waals surface area contributed by atoms with E-state index in [1.54, 1.807) is 18.2 Å². The zero-order valence-corrected chi connectivity index (χ0v) is 12.5. The molecule has 1 saturated carbocycles. The third-order valence-electron chi connectivity index (χ3n) is 4.24. The van der Waals surface area contributed by atoms with E-state index in [1.807, 2.05) is 0 Å². The number of hydrogen-bond acceptors (Lipinski definition) is 3. The minimum Gasteiger partial charge on any atom is -0.408 e. The smallest absolute Gasteiger partial charge is 0.408 e. The van der Waals surface area contributed by atoms with Crippen molar-refractivity contribution in [3.8, 4) is 0 Å². The Morgan fingerprint density at radius 3 is 2.91 bits per heavy atom. The predicted octanol–water partition coefficient (Wildman–Crippen LogP) is 3.21. The summed E-state index contributed by atoms with van der Waals surface area (Å²) in [7, 11) is 0. The average Bonchev–Trinajstić information content (AvgIpc) is 2.87. The molecule has 22 heavy (non-hydrogen) atoms. The predicted molar refractivity (Wildman–Crippen MR) is 85.0 cm³/mol. The quantitative estimate of drug-likeness (QED) is 0.810. The fraction of sp³-hybridized carbons (Fsp3) is 0.500. The molecule has 118 valence electrons. The third-order valence-corrected chi connectivity index (χ3v) is 4.24. The van der Waals surface area contributed by atoms with E-state index in [4.69, 9.17) is 4.42 Å². The van der Waals surface area contributed by atoms with Gasteiger partial charge in [-0.05, 0) is 24.5 Å². The van der Waals surface area contributed by atoms with Crippen LogP contribution >= 0.6 is 0 Å². The van der Waals surface area contributed by atoms with Gasteiger partial charge < -0.3 is 15.1 Å². The Bertz CT molecular complexity index is 698. The van der Waals surface area contributed by atoms with Gasteiger partial charge in [-0.25, -0.2) is 9.59 Å². The highest BCUT2D eigenvalue weighted by Gasteiger charge is 2.13. The lowest BCUT2D eigenvalue weighted by molar-refractivity contribution is 0.250. The summed E-state index contributed by atoms with van der Waals surface area (Å²) in [6.07, 6.45) is 7.60. The van der Waals surface area contributed by atoms with Crippen molar-refractivity contribution in [3.05, 3.63) is 28.7 Å². The molecular weight excluding hydrogens is 282 g/mol. The second-order valence-electron chi connectivity index (χ2n) is 5.90. The van der Waals surface area contributed by atoms with Gasteiger partial charge in [-0.1, -0.05) is 32.1 Å². The van der Waals surface area contributed by atoms with Gasteiger partial charge in [-0.3, -0.25) is 4.98 Å². The van der Waals surface area contributed by atoms with Crippen LogP contribution < -0.4 is 16.4 Å². The van der Waals surface area contributed by atoms with E-state index in [2.05, 4.69) is 15.6 Å². The Hall–Kier alpha value is -2.24. The fourth-order valence-corrected chi connectivity index (χ4v) is 3.06. The van der Waals surface area contributed by atoms with Crippen molar-refractivity contribution in [2.24, 2.45) is 5.92 Å². The van der Waals surface area contributed by atoms with Crippen molar-refractivity contribution < 1.29 is 9.21 Å². The van der Waals surface area contributed by atoms with E-state index in [0.717, 1.165) is 12.3 Å². The summed E-state index contributed by atoms with van der Waals surface area (Å²) >= 11 is 0. The van der Waals surface area contributed by atoms with Crippen LogP contribution in [0.4, 0.5) is 10.5 Å². The minimum absolute atomic E-state index is 0.229. The Labute approximate surface area is 128 Å². The lowest BCUT2D eigenvalue weighted by atomic mass is 9.87. The Balaban J connectivity index is 1.48. The van der Waals surface area contributed by atoms with Gasteiger partial charge in [0.15, 0.2) is 5.58 Å². The van der Waals surface area contributed by atoms with E-state index in [0.29, 0.717) is 23.3 Å². The molecule has 0 spiro atoms. The first-order valence-corrected chi connectivity index (χ1v) is 7.88. The molecule has 0 aliphatic heterocycles. The van der Waals surface area contributed by atoms with Gasteiger partial charge in [-0.15, -0.1) is 0 Å². The van der Waals surface area contributed by atoms with Crippen LogP contribution in [0, 0.1) is 5.92 Å². The number of hydrogen-bond donors (Lipinski definition) is 3. The number of aromatic nitrogens is 1. The molecular formula is C16H21N3O3. The summed E-state index contributed by atoms with van der Waals surface area (Å²) in [6.45, 7) is 0.692. The number of carbonyl (C=O) groups is 1. The van der Waals surface area contributed by atoms with Crippen LogP contribution in [0.25, 0.3) is 11.1 Å². The van der Waals surface area contributed by atoms with Crippen LogP contribution in [-0.4, -0.2) is 17.6 Å². The van der Waals surface area contributed by atoms with Gasteiger partial charge >= 0.3 is 11.8 Å². The van der Waals surface area contributed by atoms with Gasteiger partial charge in [0.05, 0.1) is 5.52 Å². The number of nitrogens with one attached hydrogen (secondary N) is 3. The van der Waals surface area contributed by atoms with Crippen LogP contribution in [-0.2, 0) is 0 Å². The van der Waals surface area contributed by atoms with Crippen molar-refractivity contribution in [2.45, 2.75) is 38.5 Å². The van der Waals surface area contributed by atoms with E-state index >= 15 is 0 Å². The van der Waals surface area contributed by atoms with Crippen LogP contribution in [0.2, 0.25) is 0 Å². The number of anilines is 1. The summed E-state index contributed by atoms with van der Waals surface area (Å²) in [6, 6.07) is 4.84. The molecule has 0 bridgehead atoms. The molecule has 0 atom stereocenters. The van der Waals surface area contributed by atoms with Gasteiger partial charge in [0.2, 0.25) is 0 Å². The second kappa shape index (κ2) is 6.68. The standard InChI is InChI=1S/C16H21N3O3/c20-15(17-9-8-11-4-2-1-3-5-11)18-12-6-7-13-14(10-12)22-16(21)19-13/h6-7,10-11H,1-5,8-9H2,(H,19,21)(H2,17,18,20). The van der Waals surface area contributed by atoms with E-state index < -0.39 is 5.76 Å². The first-order valence-electron chi connectivity index (χ1n) is 7.88. The Morgan fingerprint density at radius 2 is 2.09 bits per heavy atom. The summed E-state index contributed by atoms with van der Waals surface area (Å²) in [5.41, 5.74) is 1.66. The number of H-pyrrole nitrogens is 1. The maximum absolute atomic E-state index is 11.9. The Kier molecular flexibility index (Phi) is 4.46. The lowest BCUT2D eigenvalue weighted by Gasteiger charge is -2.21. The first-order chi connectivity index (χ1) is 10.7. The van der Waals surface area contributed by atoms with Gasteiger partial charge in [0.1, 0.15) is 0 Å². The van der Waals surface area contributed by atoms with Crippen molar-refractivity contribution in [3.63, 3.8) is 0 Å². The number of oxazole rings is 1. The number of amides is 2. The summed E-state index contributed by atoms with van der Waals surface area (Å²) in [4.78, 5) is 25.5. The molecule has 6 nitrogen and oxygen atoms in total. The highest BCUT2D eigenvalue weighted by molar-refractivity contribution is 5.91. The third kappa shape index (κ3) is 3.69. The molecule has 2 amide bonds. The zero-order chi connectivity index (χ0) is 15.4. The number of benzene rings is 1. The molecule has 1 aromatic carbocycles. The SMILES string of the molecule is O=C(NCCC1CCCCC1)Nc1ccc2[nH]c(=O)oc2c1. The summed E-state index contributed by atoms with van der Waals surface area (Å²) in [5.74, 6) is 0.253.